The van der Waals surface area contributed by atoms with Crippen molar-refractivity contribution in [2.45, 2.75) is 153 Å². The van der Waals surface area contributed by atoms with Gasteiger partial charge in [0.05, 0.1) is 31.2 Å². The topological polar surface area (TPSA) is 262 Å². The second kappa shape index (κ2) is 32.0. The van der Waals surface area contributed by atoms with Gasteiger partial charge in [-0.15, -0.1) is 0 Å². The van der Waals surface area contributed by atoms with Crippen LogP contribution in [0.5, 0.6) is 0 Å². The van der Waals surface area contributed by atoms with Gasteiger partial charge in [-0.1, -0.05) is 137 Å². The van der Waals surface area contributed by atoms with Crippen molar-refractivity contribution < 1.29 is 38.4 Å². The largest absolute Gasteiger partial charge is 0.344 e. The van der Waals surface area contributed by atoms with Crippen LogP contribution in [-0.4, -0.2) is 169 Å². The first-order valence-electron chi connectivity index (χ1n) is 31.8. The van der Waals surface area contributed by atoms with Crippen molar-refractivity contribution in [3.8, 4) is 11.1 Å². The van der Waals surface area contributed by atoms with Gasteiger partial charge < -0.3 is 57.7 Å². The Morgan fingerprint density at radius 3 is 1.26 bits per heavy atom. The molecular formula is C68H93N11O8. The molecule has 2 heterocycles. The molecule has 2 aliphatic carbocycles. The smallest absolute Gasteiger partial charge is 0.251 e. The highest BCUT2D eigenvalue weighted by Gasteiger charge is 2.43. The van der Waals surface area contributed by atoms with Gasteiger partial charge in [-0.25, -0.2) is 0 Å². The quantitative estimate of drug-likeness (QED) is 0.0430. The average molecular weight is 1190 g/mol. The highest BCUT2D eigenvalue weighted by Crippen LogP contribution is 2.32. The Kier molecular flexibility index (Phi) is 24.1. The SMILES string of the molecule is CN[C@@H](C)C(=O)N[C@H](C(=O)N1C[C@@H](N)C[C@H]1CN(CCc1ccccc1)C(=O)CNC(=O)c1ccc(-c2ccc(C(=O)NCC(=O)N(CCc3ccccc3)C[C@@H]3C[C@H](N)CN3C(=O)[C@@H](NC(=O)C(C)C)C3CCCCC3)cc2)cc1)C1CCCCC1. The van der Waals surface area contributed by atoms with E-state index in [-0.39, 0.29) is 97.5 Å². The number of likely N-dealkylation sites (tertiary alicyclic amines) is 2. The molecule has 0 bridgehead atoms. The molecule has 2 aliphatic heterocycles. The fourth-order valence-electron chi connectivity index (χ4n) is 12.9. The second-order valence-corrected chi connectivity index (χ2v) is 24.9. The normalized spacial score (nSPS) is 20.0. The molecule has 4 aliphatic rings. The predicted octanol–water partition coefficient (Wildman–Crippen LogP) is 5.21. The van der Waals surface area contributed by atoms with Crippen molar-refractivity contribution in [1.82, 2.24) is 46.2 Å². The van der Waals surface area contributed by atoms with E-state index in [1.165, 1.54) is 0 Å². The van der Waals surface area contributed by atoms with Gasteiger partial charge in [0.2, 0.25) is 35.4 Å². The first-order valence-corrected chi connectivity index (χ1v) is 31.8. The van der Waals surface area contributed by atoms with E-state index in [9.17, 15) is 38.4 Å². The molecular weight excluding hydrogens is 1100 g/mol. The van der Waals surface area contributed by atoms with Crippen molar-refractivity contribution in [3.05, 3.63) is 131 Å². The zero-order valence-corrected chi connectivity index (χ0v) is 51.4. The molecule has 4 aromatic rings. The molecule has 19 heteroatoms. The maximum Gasteiger partial charge on any atom is 0.251 e. The summed E-state index contributed by atoms with van der Waals surface area (Å²) in [4.78, 5) is 118. The van der Waals surface area contributed by atoms with E-state index >= 15 is 0 Å². The summed E-state index contributed by atoms with van der Waals surface area (Å²) >= 11 is 0. The molecule has 8 rings (SSSR count). The third-order valence-electron chi connectivity index (χ3n) is 18.2. The van der Waals surface area contributed by atoms with Crippen LogP contribution < -0.4 is 38.1 Å². The molecule has 0 spiro atoms. The minimum atomic E-state index is -0.704. The number of nitrogens with two attached hydrogens (primary N) is 2. The van der Waals surface area contributed by atoms with E-state index in [1.54, 1.807) is 82.1 Å². The number of benzene rings is 4. The van der Waals surface area contributed by atoms with Gasteiger partial charge in [0.15, 0.2) is 0 Å². The molecule has 468 valence electrons. The summed E-state index contributed by atoms with van der Waals surface area (Å²) < 4.78 is 0. The number of nitrogens with one attached hydrogen (secondary N) is 5. The number of amides is 8. The summed E-state index contributed by atoms with van der Waals surface area (Å²) in [6, 6.07) is 30.3. The van der Waals surface area contributed by atoms with Gasteiger partial charge in [0.25, 0.3) is 11.8 Å². The van der Waals surface area contributed by atoms with E-state index in [0.717, 1.165) is 86.5 Å². The number of rotatable bonds is 26. The van der Waals surface area contributed by atoms with Gasteiger partial charge in [-0.3, -0.25) is 38.4 Å². The molecule has 2 saturated heterocycles. The number of carbonyl (C=O) groups is 8. The third kappa shape index (κ3) is 18.3. The van der Waals surface area contributed by atoms with Crippen LogP contribution in [0.4, 0.5) is 0 Å². The Balaban J connectivity index is 0.874. The van der Waals surface area contributed by atoms with E-state index in [1.807, 2.05) is 74.5 Å². The molecule has 4 fully saturated rings. The molecule has 7 atom stereocenters. The zero-order chi connectivity index (χ0) is 62.0. The van der Waals surface area contributed by atoms with Gasteiger partial charge in [-0.05, 0) is 124 Å². The van der Waals surface area contributed by atoms with Crippen LogP contribution in [0.2, 0.25) is 0 Å². The maximum atomic E-state index is 14.6. The number of likely N-dealkylation sites (N-methyl/N-ethyl adjacent to an activating group) is 1. The van der Waals surface area contributed by atoms with E-state index < -0.39 is 36.0 Å². The maximum absolute atomic E-state index is 14.6. The van der Waals surface area contributed by atoms with Gasteiger partial charge in [-0.2, -0.15) is 0 Å². The standard InChI is InChI=1S/C68H93N11O8/c1-45(2)63(82)74-61(51-21-13-7-14-22-51)67(86)78-41-55(69)37-57(78)43-76(35-33-47-17-9-5-10-18-47)59(80)39-72-65(84)53-29-25-49(26-30-53)50-27-31-54(32-28-50)66(85)73-40-60(81)77(36-34-48-19-11-6-12-20-48)44-58-38-56(70)42-79(58)68(87)62(52-23-15-8-16-24-52)75-64(83)46(3)71-4/h5-6,9-12,17-20,25-32,45-46,51-52,55-58,61-62,71H,7-8,13-16,21-24,33-44,69-70H2,1-4H3,(H,72,84)(H,73,85)(H,74,82)(H,75,83)/t46-,55-,56-,57-,58-,61-,62-/m0/s1. The second-order valence-electron chi connectivity index (χ2n) is 24.9. The molecule has 8 amide bonds. The van der Waals surface area contributed by atoms with Crippen LogP contribution >= 0.6 is 0 Å². The van der Waals surface area contributed by atoms with Gasteiger partial charge >= 0.3 is 0 Å². The molecule has 0 aromatic heterocycles. The zero-order valence-electron chi connectivity index (χ0n) is 51.4. The van der Waals surface area contributed by atoms with Crippen LogP contribution in [0.3, 0.4) is 0 Å². The van der Waals surface area contributed by atoms with Crippen LogP contribution in [0.1, 0.15) is 130 Å². The van der Waals surface area contributed by atoms with Crippen LogP contribution in [0, 0.1) is 17.8 Å². The molecule has 0 unspecified atom stereocenters. The molecule has 0 radical (unpaired) electrons. The summed E-state index contributed by atoms with van der Waals surface area (Å²) in [6.45, 7) is 6.62. The summed E-state index contributed by atoms with van der Waals surface area (Å²) in [7, 11) is 1.71. The molecule has 87 heavy (non-hydrogen) atoms. The first-order chi connectivity index (χ1) is 42.0. The van der Waals surface area contributed by atoms with Crippen molar-refractivity contribution in [2.24, 2.45) is 29.2 Å². The van der Waals surface area contributed by atoms with E-state index in [2.05, 4.69) is 26.6 Å². The summed E-state index contributed by atoms with van der Waals surface area (Å²) in [6.07, 6.45) is 11.7. The Morgan fingerprint density at radius 2 is 0.897 bits per heavy atom. The minimum absolute atomic E-state index is 0.00308. The first kappa shape index (κ1) is 65.5. The predicted molar refractivity (Wildman–Crippen MR) is 337 cm³/mol. The fraction of sp³-hybridized carbons (Fsp3) is 0.529. The molecule has 19 nitrogen and oxygen atoms in total. The summed E-state index contributed by atoms with van der Waals surface area (Å²) in [5.74, 6) is -2.48. The number of carbonyl (C=O) groups excluding carboxylic acids is 8. The Bertz CT molecular complexity index is 2940. The average Bonchev–Trinajstić information content (AvgIpc) is 2.63. The highest BCUT2D eigenvalue weighted by atomic mass is 16.2. The van der Waals surface area contributed by atoms with Crippen LogP contribution in [0.15, 0.2) is 109 Å². The van der Waals surface area contributed by atoms with E-state index in [4.69, 9.17) is 11.5 Å². The third-order valence-corrected chi connectivity index (χ3v) is 18.2. The van der Waals surface area contributed by atoms with Crippen molar-refractivity contribution >= 4 is 47.3 Å². The van der Waals surface area contributed by atoms with Gasteiger partial charge in [0, 0.05) is 68.4 Å². The van der Waals surface area contributed by atoms with Crippen LogP contribution in [-0.2, 0) is 41.6 Å². The van der Waals surface area contributed by atoms with Crippen molar-refractivity contribution in [1.29, 1.82) is 0 Å². The lowest BCUT2D eigenvalue weighted by Gasteiger charge is -2.37. The fourth-order valence-corrected chi connectivity index (χ4v) is 12.9. The van der Waals surface area contributed by atoms with Gasteiger partial charge in [0.1, 0.15) is 12.1 Å². The lowest BCUT2D eigenvalue weighted by atomic mass is 9.83. The lowest BCUT2D eigenvalue weighted by Crippen LogP contribution is -2.58. The number of nitrogens with zero attached hydrogens (tertiary/aromatic N) is 4. The van der Waals surface area contributed by atoms with Crippen molar-refractivity contribution in [3.63, 3.8) is 0 Å². The summed E-state index contributed by atoms with van der Waals surface area (Å²) in [5.41, 5.74) is 17.5. The molecule has 4 aromatic carbocycles. The molecule has 9 N–H and O–H groups in total. The highest BCUT2D eigenvalue weighted by molar-refractivity contribution is 5.98. The number of hydrogen-bond acceptors (Lipinski definition) is 11. The Morgan fingerprint density at radius 1 is 0.517 bits per heavy atom. The Hall–Kier alpha value is -7.48. The molecule has 2 saturated carbocycles. The number of hydrogen-bond donors (Lipinski definition) is 7. The van der Waals surface area contributed by atoms with Crippen LogP contribution in [0.25, 0.3) is 11.1 Å². The summed E-state index contributed by atoms with van der Waals surface area (Å²) in [5, 5.41) is 14.8. The van der Waals surface area contributed by atoms with E-state index in [0.29, 0.717) is 63.0 Å². The van der Waals surface area contributed by atoms with Crippen molar-refractivity contribution in [2.75, 3.05) is 59.4 Å². The minimum Gasteiger partial charge on any atom is -0.344 e. The Labute approximate surface area is 513 Å². The lowest BCUT2D eigenvalue weighted by molar-refractivity contribution is -0.141. The monoisotopic (exact) mass is 1190 g/mol.